The van der Waals surface area contributed by atoms with E-state index in [0.29, 0.717) is 6.04 Å². The van der Waals surface area contributed by atoms with E-state index in [0.717, 1.165) is 37.5 Å². The summed E-state index contributed by atoms with van der Waals surface area (Å²) in [4.78, 5) is 6.77. The van der Waals surface area contributed by atoms with Crippen LogP contribution in [0.1, 0.15) is 37.1 Å². The Bertz CT molecular complexity index is 322. The van der Waals surface area contributed by atoms with E-state index in [1.54, 1.807) is 0 Å². The van der Waals surface area contributed by atoms with E-state index in [1.165, 1.54) is 25.7 Å². The zero-order chi connectivity index (χ0) is 11.4. The minimum atomic E-state index is 0.634. The van der Waals surface area contributed by atoms with E-state index >= 15 is 0 Å². The lowest BCUT2D eigenvalue weighted by molar-refractivity contribution is 0.132. The highest BCUT2D eigenvalue weighted by atomic mass is 16.3. The molecule has 90 valence electrons. The van der Waals surface area contributed by atoms with Gasteiger partial charge in [0.05, 0.1) is 5.69 Å². The Kier molecular flexibility index (Phi) is 3.96. The minimum Gasteiger partial charge on any atom is -0.448 e. The fraction of sp³-hybridized carbons (Fsp3) is 0.750. The summed E-state index contributed by atoms with van der Waals surface area (Å²) in [5, 5.41) is 0. The van der Waals surface area contributed by atoms with Crippen LogP contribution < -0.4 is 5.73 Å². The van der Waals surface area contributed by atoms with Crippen molar-refractivity contribution in [1.82, 2.24) is 9.88 Å². The number of likely N-dealkylation sites (tertiary alicyclic amines) is 1. The molecule has 1 atom stereocenters. The maximum atomic E-state index is 5.66. The molecule has 2 heterocycles. The van der Waals surface area contributed by atoms with E-state index in [9.17, 15) is 0 Å². The van der Waals surface area contributed by atoms with Crippen molar-refractivity contribution in [3.05, 3.63) is 17.8 Å². The summed E-state index contributed by atoms with van der Waals surface area (Å²) in [6, 6.07) is 0.634. The topological polar surface area (TPSA) is 55.3 Å². The zero-order valence-electron chi connectivity index (χ0n) is 9.98. The average Bonchev–Trinajstić information content (AvgIpc) is 2.68. The van der Waals surface area contributed by atoms with Gasteiger partial charge >= 0.3 is 0 Å². The summed E-state index contributed by atoms with van der Waals surface area (Å²) in [6.45, 7) is 4.83. The maximum Gasteiger partial charge on any atom is 0.181 e. The zero-order valence-corrected chi connectivity index (χ0v) is 9.98. The number of aryl methyl sites for hydroxylation is 1. The number of aromatic nitrogens is 1. The molecule has 1 saturated heterocycles. The standard InChI is InChI=1S/C12H21N3O/c1-10-12(14-9-16-10)8-15-7-3-2-4-11(15)5-6-13/h9,11H,2-8,13H2,1H3. The molecule has 0 amide bonds. The molecule has 2 rings (SSSR count). The van der Waals surface area contributed by atoms with Gasteiger partial charge in [-0.2, -0.15) is 0 Å². The first-order chi connectivity index (χ1) is 7.81. The van der Waals surface area contributed by atoms with Crippen molar-refractivity contribution >= 4 is 0 Å². The second-order valence-electron chi connectivity index (χ2n) is 4.55. The number of hydrogen-bond acceptors (Lipinski definition) is 4. The molecule has 0 bridgehead atoms. The highest BCUT2D eigenvalue weighted by Crippen LogP contribution is 2.21. The summed E-state index contributed by atoms with van der Waals surface area (Å²) in [5.41, 5.74) is 6.74. The van der Waals surface area contributed by atoms with E-state index in [1.807, 2.05) is 6.92 Å². The first kappa shape index (κ1) is 11.6. The molecule has 0 radical (unpaired) electrons. The molecule has 1 aliphatic rings. The Morgan fingerprint density at radius 1 is 1.56 bits per heavy atom. The molecule has 4 heteroatoms. The predicted molar refractivity (Wildman–Crippen MR) is 63.0 cm³/mol. The maximum absolute atomic E-state index is 5.66. The summed E-state index contributed by atoms with van der Waals surface area (Å²) in [7, 11) is 0. The van der Waals surface area contributed by atoms with Crippen molar-refractivity contribution in [3.8, 4) is 0 Å². The van der Waals surface area contributed by atoms with Crippen molar-refractivity contribution in [1.29, 1.82) is 0 Å². The summed E-state index contributed by atoms with van der Waals surface area (Å²) in [6.07, 6.45) is 6.52. The third-order valence-electron chi connectivity index (χ3n) is 3.45. The van der Waals surface area contributed by atoms with Gasteiger partial charge in [-0.25, -0.2) is 4.98 Å². The van der Waals surface area contributed by atoms with Crippen LogP contribution in [0.5, 0.6) is 0 Å². The Labute approximate surface area is 96.8 Å². The average molecular weight is 223 g/mol. The Balaban J connectivity index is 1.98. The van der Waals surface area contributed by atoms with Crippen molar-refractivity contribution in [2.75, 3.05) is 13.1 Å². The number of rotatable bonds is 4. The van der Waals surface area contributed by atoms with Crippen LogP contribution in [-0.4, -0.2) is 29.0 Å². The first-order valence-corrected chi connectivity index (χ1v) is 6.14. The normalized spacial score (nSPS) is 22.5. The molecule has 0 aliphatic carbocycles. The Morgan fingerprint density at radius 3 is 3.12 bits per heavy atom. The molecule has 4 nitrogen and oxygen atoms in total. The molecule has 0 aromatic carbocycles. The molecule has 2 N–H and O–H groups in total. The molecule has 1 aromatic rings. The van der Waals surface area contributed by atoms with Crippen LogP contribution in [0.2, 0.25) is 0 Å². The van der Waals surface area contributed by atoms with Crippen molar-refractivity contribution in [2.45, 2.75) is 45.2 Å². The van der Waals surface area contributed by atoms with Gasteiger partial charge in [-0.05, 0) is 39.3 Å². The monoisotopic (exact) mass is 223 g/mol. The number of piperidine rings is 1. The van der Waals surface area contributed by atoms with Crippen molar-refractivity contribution in [3.63, 3.8) is 0 Å². The Morgan fingerprint density at radius 2 is 2.44 bits per heavy atom. The van der Waals surface area contributed by atoms with E-state index < -0.39 is 0 Å². The fourth-order valence-corrected chi connectivity index (χ4v) is 2.46. The van der Waals surface area contributed by atoms with Gasteiger partial charge in [0, 0.05) is 12.6 Å². The second-order valence-corrected chi connectivity index (χ2v) is 4.55. The fourth-order valence-electron chi connectivity index (χ4n) is 2.46. The summed E-state index contributed by atoms with van der Waals surface area (Å²) < 4.78 is 5.24. The lowest BCUT2D eigenvalue weighted by atomic mass is 9.99. The lowest BCUT2D eigenvalue weighted by Gasteiger charge is -2.35. The SMILES string of the molecule is Cc1ocnc1CN1CCCCC1CCN. The minimum absolute atomic E-state index is 0.634. The molecule has 1 aliphatic heterocycles. The summed E-state index contributed by atoms with van der Waals surface area (Å²) >= 11 is 0. The third kappa shape index (κ3) is 2.62. The van der Waals surface area contributed by atoms with Crippen molar-refractivity contribution < 1.29 is 4.42 Å². The highest BCUT2D eigenvalue weighted by Gasteiger charge is 2.22. The van der Waals surface area contributed by atoms with Gasteiger partial charge in [-0.15, -0.1) is 0 Å². The van der Waals surface area contributed by atoms with Crippen LogP contribution in [-0.2, 0) is 6.54 Å². The molecule has 16 heavy (non-hydrogen) atoms. The Hall–Kier alpha value is -0.870. The molecule has 0 spiro atoms. The van der Waals surface area contributed by atoms with Crippen LogP contribution in [0.4, 0.5) is 0 Å². The molecular formula is C12H21N3O. The van der Waals surface area contributed by atoms with Crippen LogP contribution in [0, 0.1) is 6.92 Å². The molecule has 0 saturated carbocycles. The highest BCUT2D eigenvalue weighted by molar-refractivity contribution is 5.05. The number of hydrogen-bond donors (Lipinski definition) is 1. The van der Waals surface area contributed by atoms with Gasteiger partial charge in [-0.3, -0.25) is 4.90 Å². The van der Waals surface area contributed by atoms with Gasteiger partial charge in [0.25, 0.3) is 0 Å². The van der Waals surface area contributed by atoms with E-state index in [-0.39, 0.29) is 0 Å². The van der Waals surface area contributed by atoms with Gasteiger partial charge in [0.15, 0.2) is 6.39 Å². The molecule has 1 aromatic heterocycles. The van der Waals surface area contributed by atoms with Gasteiger partial charge in [0.1, 0.15) is 5.76 Å². The number of nitrogens with two attached hydrogens (primary N) is 1. The number of nitrogens with zero attached hydrogens (tertiary/aromatic N) is 2. The van der Waals surface area contributed by atoms with Gasteiger partial charge < -0.3 is 10.2 Å². The lowest BCUT2D eigenvalue weighted by Crippen LogP contribution is -2.40. The van der Waals surface area contributed by atoms with Crippen LogP contribution in [0.25, 0.3) is 0 Å². The van der Waals surface area contributed by atoms with Crippen LogP contribution in [0.3, 0.4) is 0 Å². The second kappa shape index (κ2) is 5.46. The third-order valence-corrected chi connectivity index (χ3v) is 3.45. The molecular weight excluding hydrogens is 202 g/mol. The summed E-state index contributed by atoms with van der Waals surface area (Å²) in [5.74, 6) is 0.942. The largest absolute Gasteiger partial charge is 0.448 e. The first-order valence-electron chi connectivity index (χ1n) is 6.14. The molecule has 1 unspecified atom stereocenters. The van der Waals surface area contributed by atoms with Crippen molar-refractivity contribution in [2.24, 2.45) is 5.73 Å². The predicted octanol–water partition coefficient (Wildman–Crippen LogP) is 1.69. The van der Waals surface area contributed by atoms with Gasteiger partial charge in [-0.1, -0.05) is 6.42 Å². The molecule has 1 fully saturated rings. The van der Waals surface area contributed by atoms with Crippen LogP contribution in [0.15, 0.2) is 10.8 Å². The smallest absolute Gasteiger partial charge is 0.181 e. The van der Waals surface area contributed by atoms with E-state index in [2.05, 4.69) is 9.88 Å². The van der Waals surface area contributed by atoms with Crippen LogP contribution >= 0.6 is 0 Å². The quantitative estimate of drug-likeness (QED) is 0.844. The van der Waals surface area contributed by atoms with Gasteiger partial charge in [0.2, 0.25) is 0 Å². The van der Waals surface area contributed by atoms with E-state index in [4.69, 9.17) is 10.2 Å². The number of oxazole rings is 1.